The molecule has 0 aromatic heterocycles. The highest BCUT2D eigenvalue weighted by molar-refractivity contribution is 7.84. The molecule has 0 aliphatic heterocycles. The smallest absolute Gasteiger partial charge is 0.130 e. The first kappa shape index (κ1) is 24.3. The van der Waals surface area contributed by atoms with Crippen molar-refractivity contribution in [2.75, 3.05) is 20.4 Å². The molecule has 2 aromatic rings. The largest absolute Gasteiger partial charge is 0.496 e. The fraction of sp³-hybridized carbons (Fsp3) is 0.533. The quantitative estimate of drug-likeness (QED) is 0.289. The van der Waals surface area contributed by atoms with E-state index in [0.29, 0.717) is 0 Å². The first-order valence-corrected chi connectivity index (χ1v) is 15.2. The number of rotatable bonds is 8. The third-order valence-electron chi connectivity index (χ3n) is 8.15. The molecule has 2 aliphatic rings. The van der Waals surface area contributed by atoms with Gasteiger partial charge in [-0.1, -0.05) is 49.3 Å². The lowest BCUT2D eigenvalue weighted by Crippen LogP contribution is -2.37. The van der Waals surface area contributed by atoms with Gasteiger partial charge in [0.15, 0.2) is 0 Å². The van der Waals surface area contributed by atoms with Gasteiger partial charge in [-0.2, -0.15) is 0 Å². The number of allylic oxidation sites excluding steroid dienone is 2. The molecule has 2 saturated carbocycles. The summed E-state index contributed by atoms with van der Waals surface area (Å²) in [5.74, 6) is 1.83. The van der Waals surface area contributed by atoms with Crippen molar-refractivity contribution in [3.8, 4) is 22.6 Å². The molecular weight excluding hydrogens is 423 g/mol. The van der Waals surface area contributed by atoms with Crippen LogP contribution in [0, 0.1) is 0 Å². The van der Waals surface area contributed by atoms with Crippen molar-refractivity contribution in [1.29, 1.82) is 0 Å². The van der Waals surface area contributed by atoms with Gasteiger partial charge in [-0.05, 0) is 76.5 Å². The highest BCUT2D eigenvalue weighted by atomic mass is 31.2. The Morgan fingerprint density at radius 3 is 1.82 bits per heavy atom. The minimum Gasteiger partial charge on any atom is -0.496 e. The van der Waals surface area contributed by atoms with Crippen LogP contribution in [-0.4, -0.2) is 31.7 Å². The van der Waals surface area contributed by atoms with Crippen LogP contribution in [0.2, 0.25) is 0 Å². The minimum atomic E-state index is -1.48. The third-order valence-corrected chi connectivity index (χ3v) is 13.9. The van der Waals surface area contributed by atoms with Crippen molar-refractivity contribution in [1.82, 2.24) is 0 Å². The monoisotopic (exact) mass is 465 g/mol. The number of hydrogen-bond donors (Lipinski definition) is 0. The van der Waals surface area contributed by atoms with Crippen molar-refractivity contribution < 1.29 is 9.47 Å². The van der Waals surface area contributed by atoms with Gasteiger partial charge < -0.3 is 9.47 Å². The summed E-state index contributed by atoms with van der Waals surface area (Å²) in [4.78, 5) is 0. The molecule has 0 saturated heterocycles. The van der Waals surface area contributed by atoms with Gasteiger partial charge in [0, 0.05) is 5.56 Å². The summed E-state index contributed by atoms with van der Waals surface area (Å²) >= 11 is 0. The summed E-state index contributed by atoms with van der Waals surface area (Å²) in [6.45, 7) is 2.20. The predicted octanol–water partition coefficient (Wildman–Crippen LogP) is 8.26. The Morgan fingerprint density at radius 1 is 0.758 bits per heavy atom. The van der Waals surface area contributed by atoms with Gasteiger partial charge >= 0.3 is 0 Å². The third kappa shape index (κ3) is 4.88. The number of benzene rings is 2. The lowest BCUT2D eigenvalue weighted by molar-refractivity contribution is 0.397. The first-order chi connectivity index (χ1) is 16.3. The van der Waals surface area contributed by atoms with Crippen molar-refractivity contribution in [3.63, 3.8) is 0 Å². The average molecular weight is 466 g/mol. The molecule has 178 valence electrons. The number of hydrogen-bond acceptors (Lipinski definition) is 2. The number of methoxy groups -OCH3 is 2. The Balaban J connectivity index is 1.97. The second-order valence-corrected chi connectivity index (χ2v) is 14.0. The molecule has 0 unspecified atom stereocenters. The van der Waals surface area contributed by atoms with Crippen LogP contribution in [0.15, 0.2) is 54.6 Å². The van der Waals surface area contributed by atoms with Crippen LogP contribution >= 0.6 is 7.26 Å². The molecule has 0 atom stereocenters. The van der Waals surface area contributed by atoms with Crippen molar-refractivity contribution in [3.05, 3.63) is 54.6 Å². The fourth-order valence-electron chi connectivity index (χ4n) is 6.62. The maximum Gasteiger partial charge on any atom is 0.130 e. The van der Waals surface area contributed by atoms with Crippen LogP contribution in [0.3, 0.4) is 0 Å². The van der Waals surface area contributed by atoms with E-state index in [1.165, 1.54) is 75.9 Å². The second-order valence-electron chi connectivity index (χ2n) is 9.82. The van der Waals surface area contributed by atoms with Crippen LogP contribution in [0.4, 0.5) is 0 Å². The second kappa shape index (κ2) is 11.6. The van der Waals surface area contributed by atoms with Crippen molar-refractivity contribution >= 4 is 12.6 Å². The van der Waals surface area contributed by atoms with Gasteiger partial charge in [0.2, 0.25) is 0 Å². The van der Waals surface area contributed by atoms with Crippen LogP contribution in [-0.2, 0) is 0 Å². The van der Waals surface area contributed by atoms with E-state index in [4.69, 9.17) is 9.47 Å². The summed E-state index contributed by atoms with van der Waals surface area (Å²) in [7, 11) is 2.09. The van der Waals surface area contributed by atoms with Crippen LogP contribution in [0.25, 0.3) is 11.1 Å². The summed E-state index contributed by atoms with van der Waals surface area (Å²) in [5, 5.41) is 1.63. The normalized spacial score (nSPS) is 18.5. The van der Waals surface area contributed by atoms with Crippen LogP contribution in [0.5, 0.6) is 11.5 Å². The zero-order valence-electron chi connectivity index (χ0n) is 20.9. The Bertz CT molecular complexity index is 882. The summed E-state index contributed by atoms with van der Waals surface area (Å²) in [6.07, 6.45) is 20.1. The standard InChI is InChI=1S/C30H42O2P/c1-4-5-23-33(24-15-8-6-9-16-24,25-17-10-7-11-18-25)29-22-13-12-19-26(29)30-27(31-2)20-14-21-28(30)32-3/h4-5,12-14,19-22,24-25H,6-11,15-18,23H2,1-3H3/q+1. The zero-order valence-corrected chi connectivity index (χ0v) is 21.8. The molecule has 4 rings (SSSR count). The zero-order chi connectivity index (χ0) is 23.1. The van der Waals surface area contributed by atoms with E-state index < -0.39 is 7.26 Å². The lowest BCUT2D eigenvalue weighted by atomic mass is 9.99. The molecule has 0 heterocycles. The van der Waals surface area contributed by atoms with Crippen molar-refractivity contribution in [2.45, 2.75) is 82.4 Å². The highest BCUT2D eigenvalue weighted by Gasteiger charge is 2.54. The molecule has 33 heavy (non-hydrogen) atoms. The van der Waals surface area contributed by atoms with E-state index in [0.717, 1.165) is 28.4 Å². The number of ether oxygens (including phenoxy) is 2. The van der Waals surface area contributed by atoms with Gasteiger partial charge in [0.1, 0.15) is 16.8 Å². The highest BCUT2D eigenvalue weighted by Crippen LogP contribution is 2.72. The molecule has 0 bridgehead atoms. The van der Waals surface area contributed by atoms with E-state index in [-0.39, 0.29) is 0 Å². The van der Waals surface area contributed by atoms with Crippen molar-refractivity contribution in [2.24, 2.45) is 0 Å². The summed E-state index contributed by atoms with van der Waals surface area (Å²) < 4.78 is 11.8. The minimum absolute atomic E-state index is 0.840. The van der Waals surface area contributed by atoms with Gasteiger partial charge in [0.05, 0.1) is 44.5 Å². The van der Waals surface area contributed by atoms with E-state index in [2.05, 4.69) is 55.5 Å². The maximum absolute atomic E-state index is 5.90. The van der Waals surface area contributed by atoms with Gasteiger partial charge in [-0.3, -0.25) is 0 Å². The van der Waals surface area contributed by atoms with E-state index in [9.17, 15) is 0 Å². The molecular formula is C30H42O2P+. The molecule has 2 aromatic carbocycles. The van der Waals surface area contributed by atoms with Gasteiger partial charge in [0.25, 0.3) is 0 Å². The van der Waals surface area contributed by atoms with Gasteiger partial charge in [-0.25, -0.2) is 0 Å². The summed E-state index contributed by atoms with van der Waals surface area (Å²) in [5.41, 5.74) is 4.16. The van der Waals surface area contributed by atoms with E-state index in [1.807, 2.05) is 6.07 Å². The predicted molar refractivity (Wildman–Crippen MR) is 145 cm³/mol. The molecule has 2 aliphatic carbocycles. The molecule has 0 N–H and O–H groups in total. The Kier molecular flexibility index (Phi) is 8.53. The Hall–Kier alpha value is -1.79. The molecule has 0 spiro atoms. The molecule has 0 radical (unpaired) electrons. The van der Waals surface area contributed by atoms with E-state index in [1.54, 1.807) is 19.5 Å². The topological polar surface area (TPSA) is 18.5 Å². The molecule has 2 nitrogen and oxygen atoms in total. The summed E-state index contributed by atoms with van der Waals surface area (Å²) in [6, 6.07) is 15.5. The average Bonchev–Trinajstić information content (AvgIpc) is 2.90. The van der Waals surface area contributed by atoms with Crippen LogP contribution in [0.1, 0.15) is 71.1 Å². The molecule has 2 fully saturated rings. The van der Waals surface area contributed by atoms with E-state index >= 15 is 0 Å². The van der Waals surface area contributed by atoms with Crippen LogP contribution < -0.4 is 14.8 Å². The SMILES string of the molecule is CC=CC[P+](c1ccccc1-c1c(OC)cccc1OC)(C1CCCCC1)C1CCCCC1. The first-order valence-electron chi connectivity index (χ1n) is 13.1. The Morgan fingerprint density at radius 2 is 1.30 bits per heavy atom. The maximum atomic E-state index is 5.90. The fourth-order valence-corrected chi connectivity index (χ4v) is 12.9. The van der Waals surface area contributed by atoms with Gasteiger partial charge in [-0.15, -0.1) is 0 Å². The molecule has 3 heteroatoms. The Labute approximate surface area is 202 Å². The molecule has 0 amide bonds. The lowest BCUT2D eigenvalue weighted by Gasteiger charge is -2.44.